The summed E-state index contributed by atoms with van der Waals surface area (Å²) in [4.78, 5) is 14.2. The van der Waals surface area contributed by atoms with Gasteiger partial charge in [0.1, 0.15) is 5.75 Å². The van der Waals surface area contributed by atoms with Crippen LogP contribution >= 0.6 is 0 Å². The van der Waals surface area contributed by atoms with Gasteiger partial charge in [-0.1, -0.05) is 31.5 Å². The van der Waals surface area contributed by atoms with Gasteiger partial charge in [0.2, 0.25) is 15.9 Å². The fraction of sp³-hybridized carbons (Fsp3) is 0.611. The van der Waals surface area contributed by atoms with Crippen molar-refractivity contribution < 1.29 is 17.9 Å². The number of hydrogen-bond acceptors (Lipinski definition) is 4. The Hall–Kier alpha value is -1.60. The first-order valence-electron chi connectivity index (χ1n) is 8.85. The molecule has 1 heterocycles. The lowest BCUT2D eigenvalue weighted by atomic mass is 10.1. The van der Waals surface area contributed by atoms with Crippen LogP contribution in [0.1, 0.15) is 31.7 Å². The van der Waals surface area contributed by atoms with E-state index in [0.717, 1.165) is 17.7 Å². The first kappa shape index (κ1) is 19.7. The number of piperazine rings is 1. The Morgan fingerprint density at radius 1 is 1.16 bits per heavy atom. The monoisotopic (exact) mass is 368 g/mol. The average molecular weight is 368 g/mol. The Morgan fingerprint density at radius 3 is 2.48 bits per heavy atom. The summed E-state index contributed by atoms with van der Waals surface area (Å²) in [6.45, 7) is 3.71. The van der Waals surface area contributed by atoms with Crippen molar-refractivity contribution in [2.24, 2.45) is 0 Å². The lowest BCUT2D eigenvalue weighted by Gasteiger charge is -2.34. The minimum atomic E-state index is -3.18. The molecule has 1 saturated heterocycles. The number of para-hydroxylation sites is 1. The number of ether oxygens (including phenoxy) is 1. The molecule has 0 aliphatic carbocycles. The van der Waals surface area contributed by atoms with Crippen LogP contribution in [-0.4, -0.2) is 62.6 Å². The Labute approximate surface area is 150 Å². The van der Waals surface area contributed by atoms with Crippen molar-refractivity contribution in [1.29, 1.82) is 0 Å². The van der Waals surface area contributed by atoms with Crippen LogP contribution in [-0.2, 0) is 21.2 Å². The molecule has 0 unspecified atom stereocenters. The second-order valence-corrected chi connectivity index (χ2v) is 8.35. The molecule has 1 amide bonds. The van der Waals surface area contributed by atoms with Gasteiger partial charge in [-0.05, 0) is 24.5 Å². The zero-order valence-corrected chi connectivity index (χ0v) is 15.9. The van der Waals surface area contributed by atoms with Gasteiger partial charge >= 0.3 is 0 Å². The number of amides is 1. The molecule has 0 spiro atoms. The molecule has 0 N–H and O–H groups in total. The number of methoxy groups -OCH3 is 1. The van der Waals surface area contributed by atoms with E-state index >= 15 is 0 Å². The highest BCUT2D eigenvalue weighted by Crippen LogP contribution is 2.19. The second-order valence-electron chi connectivity index (χ2n) is 6.26. The van der Waals surface area contributed by atoms with Gasteiger partial charge in [0.05, 0.1) is 12.9 Å². The highest BCUT2D eigenvalue weighted by Gasteiger charge is 2.28. The summed E-state index contributed by atoms with van der Waals surface area (Å²) in [5.74, 6) is 1.06. The highest BCUT2D eigenvalue weighted by molar-refractivity contribution is 7.89. The normalized spacial score (nSPS) is 16.0. The maximum Gasteiger partial charge on any atom is 0.222 e. The van der Waals surface area contributed by atoms with Gasteiger partial charge in [-0.2, -0.15) is 4.31 Å². The molecule has 6 nitrogen and oxygen atoms in total. The van der Waals surface area contributed by atoms with Crippen LogP contribution in [0, 0.1) is 0 Å². The van der Waals surface area contributed by atoms with Crippen LogP contribution < -0.4 is 4.74 Å². The van der Waals surface area contributed by atoms with E-state index in [1.807, 2.05) is 31.2 Å². The van der Waals surface area contributed by atoms with Crippen LogP contribution in [0.3, 0.4) is 0 Å². The van der Waals surface area contributed by atoms with Crippen molar-refractivity contribution in [3.63, 3.8) is 0 Å². The number of aryl methyl sites for hydroxylation is 1. The summed E-state index contributed by atoms with van der Waals surface area (Å²) in [5, 5.41) is 0. The Balaban J connectivity index is 1.83. The minimum Gasteiger partial charge on any atom is -0.496 e. The summed E-state index contributed by atoms with van der Waals surface area (Å²) < 4.78 is 31.3. The van der Waals surface area contributed by atoms with Gasteiger partial charge in [-0.3, -0.25) is 4.79 Å². The summed E-state index contributed by atoms with van der Waals surface area (Å²) in [6.07, 6.45) is 2.57. The van der Waals surface area contributed by atoms with Gasteiger partial charge in [0.15, 0.2) is 0 Å². The van der Waals surface area contributed by atoms with E-state index in [1.165, 1.54) is 4.31 Å². The number of sulfonamides is 1. The average Bonchev–Trinajstić information content (AvgIpc) is 2.64. The summed E-state index contributed by atoms with van der Waals surface area (Å²) in [6, 6.07) is 7.69. The first-order valence-corrected chi connectivity index (χ1v) is 10.5. The SMILES string of the molecule is CCCCS(=O)(=O)N1CCN(C(=O)CCc2ccccc2OC)CC1. The molecule has 1 aromatic carbocycles. The predicted molar refractivity (Wildman–Crippen MR) is 98.2 cm³/mol. The fourth-order valence-electron chi connectivity index (χ4n) is 2.98. The van der Waals surface area contributed by atoms with Gasteiger partial charge < -0.3 is 9.64 Å². The van der Waals surface area contributed by atoms with E-state index in [2.05, 4.69) is 0 Å². The Morgan fingerprint density at radius 2 is 1.84 bits per heavy atom. The van der Waals surface area contributed by atoms with Crippen molar-refractivity contribution in [3.8, 4) is 5.75 Å². The summed E-state index contributed by atoms with van der Waals surface area (Å²) >= 11 is 0. The van der Waals surface area contributed by atoms with Gasteiger partial charge in [-0.25, -0.2) is 8.42 Å². The molecule has 0 bridgehead atoms. The molecule has 0 aromatic heterocycles. The van der Waals surface area contributed by atoms with E-state index < -0.39 is 10.0 Å². The molecule has 25 heavy (non-hydrogen) atoms. The molecule has 7 heteroatoms. The molecule has 2 rings (SSSR count). The lowest BCUT2D eigenvalue weighted by molar-refractivity contribution is -0.132. The highest BCUT2D eigenvalue weighted by atomic mass is 32.2. The van der Waals surface area contributed by atoms with Crippen molar-refractivity contribution >= 4 is 15.9 Å². The van der Waals surface area contributed by atoms with Crippen molar-refractivity contribution in [2.45, 2.75) is 32.6 Å². The third-order valence-corrected chi connectivity index (χ3v) is 6.50. The van der Waals surface area contributed by atoms with E-state index in [1.54, 1.807) is 12.0 Å². The number of rotatable bonds is 8. The maximum absolute atomic E-state index is 12.4. The second kappa shape index (κ2) is 9.20. The van der Waals surface area contributed by atoms with Crippen LogP contribution in [0.5, 0.6) is 5.75 Å². The molecule has 0 atom stereocenters. The molecule has 1 aliphatic heterocycles. The molecule has 140 valence electrons. The van der Waals surface area contributed by atoms with E-state index in [0.29, 0.717) is 45.4 Å². The van der Waals surface area contributed by atoms with Crippen LogP contribution in [0.2, 0.25) is 0 Å². The van der Waals surface area contributed by atoms with Crippen molar-refractivity contribution in [2.75, 3.05) is 39.0 Å². The van der Waals surface area contributed by atoms with Crippen molar-refractivity contribution in [1.82, 2.24) is 9.21 Å². The van der Waals surface area contributed by atoms with Crippen LogP contribution in [0.15, 0.2) is 24.3 Å². The molecular formula is C18H28N2O4S. The predicted octanol–water partition coefficient (Wildman–Crippen LogP) is 1.90. The van der Waals surface area contributed by atoms with Crippen LogP contribution in [0.25, 0.3) is 0 Å². The third-order valence-electron chi connectivity index (χ3n) is 4.54. The molecule has 1 fully saturated rings. The molecular weight excluding hydrogens is 340 g/mol. The Bertz CT molecular complexity index is 667. The van der Waals surface area contributed by atoms with E-state index in [-0.39, 0.29) is 11.7 Å². The van der Waals surface area contributed by atoms with Crippen LogP contribution in [0.4, 0.5) is 0 Å². The lowest BCUT2D eigenvalue weighted by Crippen LogP contribution is -2.51. The maximum atomic E-state index is 12.4. The number of benzene rings is 1. The standard InChI is InChI=1S/C18H28N2O4S/c1-3-4-15-25(22,23)20-13-11-19(12-14-20)18(21)10-9-16-7-5-6-8-17(16)24-2/h5-8H,3-4,9-15H2,1-2H3. The third kappa shape index (κ3) is 5.44. The quantitative estimate of drug-likeness (QED) is 0.703. The van der Waals surface area contributed by atoms with Gasteiger partial charge in [0.25, 0.3) is 0 Å². The number of unbranched alkanes of at least 4 members (excludes halogenated alkanes) is 1. The minimum absolute atomic E-state index is 0.0662. The zero-order valence-electron chi connectivity index (χ0n) is 15.1. The number of hydrogen-bond donors (Lipinski definition) is 0. The molecule has 0 saturated carbocycles. The summed E-state index contributed by atoms with van der Waals surface area (Å²) in [7, 11) is -1.56. The zero-order chi connectivity index (χ0) is 18.3. The van der Waals surface area contributed by atoms with Crippen molar-refractivity contribution in [3.05, 3.63) is 29.8 Å². The molecule has 1 aromatic rings. The first-order chi connectivity index (χ1) is 12.0. The van der Waals surface area contributed by atoms with Gasteiger partial charge in [-0.15, -0.1) is 0 Å². The molecule has 0 radical (unpaired) electrons. The Kier molecular flexibility index (Phi) is 7.25. The van der Waals surface area contributed by atoms with E-state index in [9.17, 15) is 13.2 Å². The fourth-order valence-corrected chi connectivity index (χ4v) is 4.61. The van der Waals surface area contributed by atoms with E-state index in [4.69, 9.17) is 4.74 Å². The smallest absolute Gasteiger partial charge is 0.222 e. The number of nitrogens with zero attached hydrogens (tertiary/aromatic N) is 2. The molecule has 1 aliphatic rings. The number of carbonyl (C=O) groups is 1. The topological polar surface area (TPSA) is 66.9 Å². The number of carbonyl (C=O) groups excluding carboxylic acids is 1. The summed E-state index contributed by atoms with van der Waals surface area (Å²) in [5.41, 5.74) is 1.01. The largest absolute Gasteiger partial charge is 0.496 e. The van der Waals surface area contributed by atoms with Gasteiger partial charge in [0, 0.05) is 32.6 Å².